The lowest BCUT2D eigenvalue weighted by Crippen LogP contribution is -2.31. The molecule has 0 aliphatic rings. The Kier molecular flexibility index (Phi) is 6.71. The molecule has 20 heavy (non-hydrogen) atoms. The maximum absolute atomic E-state index is 11.8. The van der Waals surface area contributed by atoms with E-state index >= 15 is 0 Å². The number of nitriles is 1. The molecule has 0 aliphatic heterocycles. The molecule has 0 bridgehead atoms. The predicted molar refractivity (Wildman–Crippen MR) is 80.5 cm³/mol. The first-order valence-electron chi connectivity index (χ1n) is 6.64. The molecule has 0 saturated heterocycles. The molecule has 0 saturated carbocycles. The molecule has 1 amide bonds. The van der Waals surface area contributed by atoms with Crippen LogP contribution in [0.5, 0.6) is 0 Å². The Hall–Kier alpha value is -1.90. The van der Waals surface area contributed by atoms with Gasteiger partial charge in [-0.2, -0.15) is 5.26 Å². The van der Waals surface area contributed by atoms with Gasteiger partial charge < -0.3 is 15.1 Å². The number of likely N-dealkylation sites (N-methyl/N-ethyl adjacent to an activating group) is 2. The quantitative estimate of drug-likeness (QED) is 0.816. The van der Waals surface area contributed by atoms with Crippen LogP contribution in [0.2, 0.25) is 0 Å². The molecular formula is C15H22N4O. The fraction of sp³-hybridized carbons (Fsp3) is 0.467. The van der Waals surface area contributed by atoms with E-state index in [1.165, 1.54) is 0 Å². The number of amides is 1. The van der Waals surface area contributed by atoms with Gasteiger partial charge in [0.05, 0.1) is 11.6 Å². The highest BCUT2D eigenvalue weighted by Gasteiger charge is 2.05. The zero-order valence-corrected chi connectivity index (χ0v) is 12.4. The third kappa shape index (κ3) is 6.32. The summed E-state index contributed by atoms with van der Waals surface area (Å²) < 4.78 is 0. The molecule has 0 spiro atoms. The van der Waals surface area contributed by atoms with E-state index in [0.29, 0.717) is 12.0 Å². The zero-order chi connectivity index (χ0) is 15.0. The molecule has 0 aliphatic carbocycles. The lowest BCUT2D eigenvalue weighted by atomic mass is 10.2. The van der Waals surface area contributed by atoms with Crippen molar-refractivity contribution in [3.05, 3.63) is 29.8 Å². The van der Waals surface area contributed by atoms with Crippen LogP contribution in [0.4, 0.5) is 5.69 Å². The van der Waals surface area contributed by atoms with Gasteiger partial charge in [0.25, 0.3) is 0 Å². The normalized spacial score (nSPS) is 10.6. The molecule has 1 N–H and O–H groups in total. The fourth-order valence-corrected chi connectivity index (χ4v) is 1.63. The summed E-state index contributed by atoms with van der Waals surface area (Å²) in [6.45, 7) is 2.65. The standard InChI is InChI=1S/C15H22N4O/c1-18(2)10-11-19(3)9-8-15(20)17-14-6-4-13(12-16)5-7-14/h4-7H,8-11H2,1-3H3,(H,17,20). The van der Waals surface area contributed by atoms with Crippen molar-refractivity contribution in [1.82, 2.24) is 9.80 Å². The minimum Gasteiger partial charge on any atom is -0.326 e. The number of anilines is 1. The number of nitrogens with zero attached hydrogens (tertiary/aromatic N) is 3. The van der Waals surface area contributed by atoms with Gasteiger partial charge in [0.2, 0.25) is 5.91 Å². The van der Waals surface area contributed by atoms with Crippen molar-refractivity contribution >= 4 is 11.6 Å². The lowest BCUT2D eigenvalue weighted by Gasteiger charge is -2.18. The second-order valence-corrected chi connectivity index (χ2v) is 5.09. The number of hydrogen-bond acceptors (Lipinski definition) is 4. The third-order valence-corrected chi connectivity index (χ3v) is 2.95. The molecule has 5 nitrogen and oxygen atoms in total. The Bertz CT molecular complexity index is 462. The summed E-state index contributed by atoms with van der Waals surface area (Å²) in [5.74, 6) is -0.00795. The van der Waals surface area contributed by atoms with Gasteiger partial charge in [0.1, 0.15) is 0 Å². The van der Waals surface area contributed by atoms with Crippen LogP contribution in [0.3, 0.4) is 0 Å². The maximum Gasteiger partial charge on any atom is 0.225 e. The van der Waals surface area contributed by atoms with Gasteiger partial charge in [0, 0.05) is 31.7 Å². The first-order valence-corrected chi connectivity index (χ1v) is 6.64. The largest absolute Gasteiger partial charge is 0.326 e. The van der Waals surface area contributed by atoms with E-state index < -0.39 is 0 Å². The van der Waals surface area contributed by atoms with Gasteiger partial charge in [-0.25, -0.2) is 0 Å². The highest BCUT2D eigenvalue weighted by molar-refractivity contribution is 5.90. The summed E-state index contributed by atoms with van der Waals surface area (Å²) in [5.41, 5.74) is 1.32. The van der Waals surface area contributed by atoms with Gasteiger partial charge in [0.15, 0.2) is 0 Å². The van der Waals surface area contributed by atoms with E-state index in [4.69, 9.17) is 5.26 Å². The Morgan fingerprint density at radius 2 is 1.80 bits per heavy atom. The Morgan fingerprint density at radius 3 is 2.35 bits per heavy atom. The highest BCUT2D eigenvalue weighted by atomic mass is 16.1. The number of carbonyl (C=O) groups is 1. The first kappa shape index (κ1) is 16.2. The van der Waals surface area contributed by atoms with E-state index in [-0.39, 0.29) is 5.91 Å². The average Bonchev–Trinajstić information content (AvgIpc) is 2.43. The SMILES string of the molecule is CN(C)CCN(C)CCC(=O)Nc1ccc(C#N)cc1. The van der Waals surface area contributed by atoms with E-state index in [1.54, 1.807) is 24.3 Å². The molecule has 0 radical (unpaired) electrons. The van der Waals surface area contributed by atoms with Crippen molar-refractivity contribution < 1.29 is 4.79 Å². The number of hydrogen-bond donors (Lipinski definition) is 1. The van der Waals surface area contributed by atoms with Crippen LogP contribution in [0.1, 0.15) is 12.0 Å². The Labute approximate surface area is 120 Å². The van der Waals surface area contributed by atoms with Crippen LogP contribution >= 0.6 is 0 Å². The second-order valence-electron chi connectivity index (χ2n) is 5.09. The maximum atomic E-state index is 11.8. The molecule has 0 aromatic heterocycles. The summed E-state index contributed by atoms with van der Waals surface area (Å²) in [7, 11) is 6.08. The van der Waals surface area contributed by atoms with Crippen molar-refractivity contribution in [3.8, 4) is 6.07 Å². The Morgan fingerprint density at radius 1 is 1.15 bits per heavy atom. The van der Waals surface area contributed by atoms with Gasteiger partial charge in [-0.1, -0.05) is 0 Å². The highest BCUT2D eigenvalue weighted by Crippen LogP contribution is 2.09. The molecular weight excluding hydrogens is 252 g/mol. The predicted octanol–water partition coefficient (Wildman–Crippen LogP) is 1.38. The van der Waals surface area contributed by atoms with Crippen LogP contribution in [0, 0.1) is 11.3 Å². The van der Waals surface area contributed by atoms with Crippen molar-refractivity contribution in [3.63, 3.8) is 0 Å². The van der Waals surface area contributed by atoms with Crippen molar-refractivity contribution in [1.29, 1.82) is 5.26 Å². The lowest BCUT2D eigenvalue weighted by molar-refractivity contribution is -0.116. The number of benzene rings is 1. The Balaban J connectivity index is 2.31. The molecule has 1 aromatic carbocycles. The third-order valence-electron chi connectivity index (χ3n) is 2.95. The van der Waals surface area contributed by atoms with Crippen LogP contribution in [-0.4, -0.2) is 56.5 Å². The van der Waals surface area contributed by atoms with E-state index in [0.717, 1.165) is 25.3 Å². The zero-order valence-electron chi connectivity index (χ0n) is 12.4. The summed E-state index contributed by atoms with van der Waals surface area (Å²) >= 11 is 0. The summed E-state index contributed by atoms with van der Waals surface area (Å²) in [4.78, 5) is 16.1. The summed E-state index contributed by atoms with van der Waals surface area (Å²) in [6.07, 6.45) is 0.462. The monoisotopic (exact) mass is 274 g/mol. The number of rotatable bonds is 7. The van der Waals surface area contributed by atoms with Gasteiger partial charge in [-0.05, 0) is 45.4 Å². The van der Waals surface area contributed by atoms with Gasteiger partial charge >= 0.3 is 0 Å². The minimum absolute atomic E-state index is 0.00795. The van der Waals surface area contributed by atoms with Crippen molar-refractivity contribution in [2.24, 2.45) is 0 Å². The molecule has 0 fully saturated rings. The molecule has 0 heterocycles. The second kappa shape index (κ2) is 8.31. The molecule has 1 rings (SSSR count). The van der Waals surface area contributed by atoms with Crippen LogP contribution in [0.25, 0.3) is 0 Å². The fourth-order valence-electron chi connectivity index (χ4n) is 1.63. The molecule has 0 unspecified atom stereocenters. The van der Waals surface area contributed by atoms with Gasteiger partial charge in [-0.15, -0.1) is 0 Å². The topological polar surface area (TPSA) is 59.4 Å². The van der Waals surface area contributed by atoms with E-state index in [9.17, 15) is 4.79 Å². The van der Waals surface area contributed by atoms with Crippen molar-refractivity contribution in [2.75, 3.05) is 46.1 Å². The summed E-state index contributed by atoms with van der Waals surface area (Å²) in [6, 6.07) is 8.92. The number of nitrogens with one attached hydrogen (secondary N) is 1. The first-order chi connectivity index (χ1) is 9.51. The number of carbonyl (C=O) groups excluding carboxylic acids is 1. The summed E-state index contributed by atoms with van der Waals surface area (Å²) in [5, 5.41) is 11.5. The molecule has 0 atom stereocenters. The van der Waals surface area contributed by atoms with E-state index in [2.05, 4.69) is 15.1 Å². The van der Waals surface area contributed by atoms with Crippen LogP contribution < -0.4 is 5.32 Å². The van der Waals surface area contributed by atoms with Gasteiger partial charge in [-0.3, -0.25) is 4.79 Å². The van der Waals surface area contributed by atoms with E-state index in [1.807, 2.05) is 27.2 Å². The smallest absolute Gasteiger partial charge is 0.225 e. The average molecular weight is 274 g/mol. The van der Waals surface area contributed by atoms with Crippen molar-refractivity contribution in [2.45, 2.75) is 6.42 Å². The molecule has 5 heteroatoms. The minimum atomic E-state index is -0.00795. The molecule has 1 aromatic rings. The van der Waals surface area contributed by atoms with Crippen LogP contribution in [0.15, 0.2) is 24.3 Å². The van der Waals surface area contributed by atoms with Crippen LogP contribution in [-0.2, 0) is 4.79 Å². The molecule has 108 valence electrons.